The van der Waals surface area contributed by atoms with Crippen molar-refractivity contribution in [3.8, 4) is 11.5 Å². The molecular weight excluding hydrogens is 514 g/mol. The molecule has 0 saturated heterocycles. The average molecular weight is 533 g/mol. The highest BCUT2D eigenvalue weighted by atomic mass is 35.5. The first-order valence-electron chi connectivity index (χ1n) is 9.61. The van der Waals surface area contributed by atoms with E-state index in [9.17, 15) is 0 Å². The van der Waals surface area contributed by atoms with Crippen LogP contribution in [0.25, 0.3) is 0 Å². The molecule has 1 N–H and O–H groups in total. The summed E-state index contributed by atoms with van der Waals surface area (Å²) in [7, 11) is 0. The molecule has 3 aromatic carbocycles. The number of hydrogen-bond acceptors (Lipinski definition) is 4. The van der Waals surface area contributed by atoms with Gasteiger partial charge in [0.25, 0.3) is 0 Å². The predicted molar refractivity (Wildman–Crippen MR) is 134 cm³/mol. The molecular formula is C23H19Cl5N2O2. The molecule has 0 aliphatic heterocycles. The van der Waals surface area contributed by atoms with Gasteiger partial charge in [-0.15, -0.1) is 0 Å². The Hall–Kier alpha value is -1.82. The highest BCUT2D eigenvalue weighted by Crippen LogP contribution is 2.37. The van der Waals surface area contributed by atoms with Crippen molar-refractivity contribution in [2.45, 2.75) is 20.1 Å². The lowest BCUT2D eigenvalue weighted by Crippen LogP contribution is -2.07. The lowest BCUT2D eigenvalue weighted by atomic mass is 10.2. The molecule has 0 aliphatic rings. The van der Waals surface area contributed by atoms with Gasteiger partial charge < -0.3 is 14.9 Å². The van der Waals surface area contributed by atoms with Gasteiger partial charge in [0.2, 0.25) is 0 Å². The van der Waals surface area contributed by atoms with Gasteiger partial charge in [-0.1, -0.05) is 70.1 Å². The molecule has 0 fully saturated rings. The summed E-state index contributed by atoms with van der Waals surface area (Å²) in [5.41, 5.74) is 5.29. The van der Waals surface area contributed by atoms with Gasteiger partial charge in [0.15, 0.2) is 11.5 Å². The Morgan fingerprint density at radius 3 is 2.28 bits per heavy atom. The summed E-state index contributed by atoms with van der Waals surface area (Å²) in [4.78, 5) is 0. The summed E-state index contributed by atoms with van der Waals surface area (Å²) in [6.07, 6.45) is 1.63. The van der Waals surface area contributed by atoms with E-state index >= 15 is 0 Å². The maximum Gasteiger partial charge on any atom is 0.180 e. The zero-order chi connectivity index (χ0) is 23.1. The van der Waals surface area contributed by atoms with Crippen molar-refractivity contribution in [3.05, 3.63) is 90.3 Å². The molecule has 168 valence electrons. The predicted octanol–water partition coefficient (Wildman–Crippen LogP) is 8.06. The van der Waals surface area contributed by atoms with E-state index in [1.54, 1.807) is 48.7 Å². The smallest absolute Gasteiger partial charge is 0.180 e. The fraction of sp³-hybridized carbons (Fsp3) is 0.174. The van der Waals surface area contributed by atoms with Crippen LogP contribution in [0.2, 0.25) is 25.1 Å². The minimum Gasteiger partial charge on any atom is -0.490 e. The quantitative estimate of drug-likeness (QED) is 0.224. The first-order chi connectivity index (χ1) is 15.4. The summed E-state index contributed by atoms with van der Waals surface area (Å²) < 4.78 is 11.6. The Labute approximate surface area is 212 Å². The van der Waals surface area contributed by atoms with Gasteiger partial charge in [-0.05, 0) is 54.4 Å². The summed E-state index contributed by atoms with van der Waals surface area (Å²) >= 11 is 30.9. The van der Waals surface area contributed by atoms with Crippen molar-refractivity contribution >= 4 is 64.2 Å². The van der Waals surface area contributed by atoms with Crippen molar-refractivity contribution in [1.29, 1.82) is 0 Å². The molecule has 9 heteroatoms. The van der Waals surface area contributed by atoms with Crippen LogP contribution >= 0.6 is 58.0 Å². The van der Waals surface area contributed by atoms with Crippen LogP contribution in [-0.2, 0) is 13.2 Å². The Morgan fingerprint density at radius 2 is 1.59 bits per heavy atom. The SMILES string of the molecule is CCOc1cc(/C=N\NCc2c(Cl)cccc2Cl)cc(Cl)c1OCc1ccc(Cl)c(Cl)c1. The Kier molecular flexibility index (Phi) is 9.21. The molecule has 0 amide bonds. The molecule has 0 atom stereocenters. The summed E-state index contributed by atoms with van der Waals surface area (Å²) in [5, 5.41) is 6.72. The second-order valence-electron chi connectivity index (χ2n) is 6.59. The van der Waals surface area contributed by atoms with Gasteiger partial charge >= 0.3 is 0 Å². The molecule has 3 rings (SSSR count). The minimum absolute atomic E-state index is 0.254. The first kappa shape index (κ1) is 24.8. The number of nitrogens with zero attached hydrogens (tertiary/aromatic N) is 1. The fourth-order valence-corrected chi connectivity index (χ4v) is 3.92. The molecule has 0 saturated carbocycles. The molecule has 3 aromatic rings. The molecule has 0 aromatic heterocycles. The van der Waals surface area contributed by atoms with Gasteiger partial charge in [0.1, 0.15) is 6.61 Å². The number of hydrogen-bond donors (Lipinski definition) is 1. The largest absolute Gasteiger partial charge is 0.490 e. The molecule has 0 unspecified atom stereocenters. The Morgan fingerprint density at radius 1 is 0.844 bits per heavy atom. The first-order valence-corrected chi connectivity index (χ1v) is 11.5. The van der Waals surface area contributed by atoms with Crippen molar-refractivity contribution in [3.63, 3.8) is 0 Å². The van der Waals surface area contributed by atoms with Crippen LogP contribution in [0.4, 0.5) is 0 Å². The van der Waals surface area contributed by atoms with E-state index in [1.165, 1.54) is 0 Å². The lowest BCUT2D eigenvalue weighted by molar-refractivity contribution is 0.269. The topological polar surface area (TPSA) is 42.8 Å². The van der Waals surface area contributed by atoms with Crippen LogP contribution in [0.5, 0.6) is 11.5 Å². The van der Waals surface area contributed by atoms with Crippen molar-refractivity contribution in [1.82, 2.24) is 5.43 Å². The van der Waals surface area contributed by atoms with Crippen LogP contribution in [0.3, 0.4) is 0 Å². The third kappa shape index (κ3) is 6.60. The van der Waals surface area contributed by atoms with E-state index in [0.29, 0.717) is 49.8 Å². The fourth-order valence-electron chi connectivity index (χ4n) is 2.80. The number of benzene rings is 3. The normalized spacial score (nSPS) is 11.1. The Bertz CT molecular complexity index is 1100. The number of rotatable bonds is 9. The third-order valence-electron chi connectivity index (χ3n) is 4.32. The third-order valence-corrected chi connectivity index (χ3v) is 6.05. The average Bonchev–Trinajstić information content (AvgIpc) is 2.75. The monoisotopic (exact) mass is 530 g/mol. The van der Waals surface area contributed by atoms with Crippen molar-refractivity contribution in [2.24, 2.45) is 5.10 Å². The second kappa shape index (κ2) is 11.9. The number of hydrazone groups is 1. The van der Waals surface area contributed by atoms with Crippen LogP contribution in [0.1, 0.15) is 23.6 Å². The summed E-state index contributed by atoms with van der Waals surface area (Å²) in [6.45, 7) is 2.96. The second-order valence-corrected chi connectivity index (χ2v) is 8.63. The maximum absolute atomic E-state index is 6.47. The van der Waals surface area contributed by atoms with E-state index in [-0.39, 0.29) is 6.61 Å². The molecule has 32 heavy (non-hydrogen) atoms. The van der Waals surface area contributed by atoms with E-state index in [1.807, 2.05) is 13.0 Å². The van der Waals surface area contributed by atoms with Gasteiger partial charge in [-0.25, -0.2) is 0 Å². The van der Waals surface area contributed by atoms with Gasteiger partial charge in [-0.2, -0.15) is 5.10 Å². The molecule has 0 spiro atoms. The van der Waals surface area contributed by atoms with E-state index in [4.69, 9.17) is 67.5 Å². The molecule has 0 radical (unpaired) electrons. The molecule has 0 aliphatic carbocycles. The summed E-state index contributed by atoms with van der Waals surface area (Å²) in [5.74, 6) is 0.947. The van der Waals surface area contributed by atoms with E-state index in [0.717, 1.165) is 16.7 Å². The lowest BCUT2D eigenvalue weighted by Gasteiger charge is -2.15. The van der Waals surface area contributed by atoms with Crippen LogP contribution in [-0.4, -0.2) is 12.8 Å². The van der Waals surface area contributed by atoms with Crippen LogP contribution in [0.15, 0.2) is 53.6 Å². The Balaban J connectivity index is 1.71. The number of ether oxygens (including phenoxy) is 2. The maximum atomic E-state index is 6.47. The zero-order valence-electron chi connectivity index (χ0n) is 17.0. The van der Waals surface area contributed by atoms with Gasteiger partial charge in [0.05, 0.1) is 34.4 Å². The van der Waals surface area contributed by atoms with Gasteiger partial charge in [0, 0.05) is 15.6 Å². The number of halogens is 5. The number of nitrogens with one attached hydrogen (secondary N) is 1. The highest BCUT2D eigenvalue weighted by molar-refractivity contribution is 6.42. The minimum atomic E-state index is 0.254. The van der Waals surface area contributed by atoms with E-state index in [2.05, 4.69) is 10.5 Å². The van der Waals surface area contributed by atoms with Crippen LogP contribution < -0.4 is 14.9 Å². The van der Waals surface area contributed by atoms with E-state index < -0.39 is 0 Å². The standard InChI is InChI=1S/C23H19Cl5N2O2/c1-2-31-22-10-15(11-29-30-12-16-17(24)4-3-5-18(16)25)9-21(28)23(22)32-13-14-6-7-19(26)20(27)8-14/h3-11,30H,2,12-13H2,1H3/b29-11-. The van der Waals surface area contributed by atoms with Crippen molar-refractivity contribution < 1.29 is 9.47 Å². The molecule has 0 heterocycles. The molecule has 0 bridgehead atoms. The zero-order valence-corrected chi connectivity index (χ0v) is 20.8. The summed E-state index contributed by atoms with van der Waals surface area (Å²) in [6, 6.07) is 14.2. The van der Waals surface area contributed by atoms with Gasteiger partial charge in [-0.3, -0.25) is 0 Å². The highest BCUT2D eigenvalue weighted by Gasteiger charge is 2.13. The van der Waals surface area contributed by atoms with Crippen molar-refractivity contribution in [2.75, 3.05) is 6.61 Å². The van der Waals surface area contributed by atoms with Crippen LogP contribution in [0, 0.1) is 0 Å². The molecule has 4 nitrogen and oxygen atoms in total.